The monoisotopic (exact) mass is 387 g/mol. The summed E-state index contributed by atoms with van der Waals surface area (Å²) in [6.07, 6.45) is 0. The fourth-order valence-corrected chi connectivity index (χ4v) is 2.84. The highest BCUT2D eigenvalue weighted by Crippen LogP contribution is 2.21. The van der Waals surface area contributed by atoms with Crippen molar-refractivity contribution in [3.63, 3.8) is 0 Å². The number of nitrogens with zero attached hydrogens (tertiary/aromatic N) is 2. The van der Waals surface area contributed by atoms with Gasteiger partial charge >= 0.3 is 5.63 Å². The van der Waals surface area contributed by atoms with Crippen LogP contribution in [0.25, 0.3) is 22.2 Å². The number of aromatic nitrogens is 2. The molecule has 2 heterocycles. The van der Waals surface area contributed by atoms with Gasteiger partial charge in [-0.3, -0.25) is 4.79 Å². The molecule has 7 nitrogen and oxygen atoms in total. The average molecular weight is 387 g/mol. The number of amides is 1. The number of carbonyl (C=O) groups is 1. The summed E-state index contributed by atoms with van der Waals surface area (Å²) < 4.78 is 10.5. The van der Waals surface area contributed by atoms with Crippen LogP contribution in [0.5, 0.6) is 5.88 Å². The van der Waals surface area contributed by atoms with Gasteiger partial charge < -0.3 is 14.5 Å². The van der Waals surface area contributed by atoms with Crippen LogP contribution in [-0.4, -0.2) is 22.7 Å². The zero-order valence-electron chi connectivity index (χ0n) is 15.6. The normalized spacial score (nSPS) is 10.7. The summed E-state index contributed by atoms with van der Waals surface area (Å²) in [6.45, 7) is 2.41. The third-order valence-corrected chi connectivity index (χ3v) is 4.26. The van der Waals surface area contributed by atoms with Gasteiger partial charge in [0.15, 0.2) is 0 Å². The molecule has 0 fully saturated rings. The number of para-hydroxylation sites is 1. The largest absolute Gasteiger partial charge is 0.477 e. The van der Waals surface area contributed by atoms with E-state index in [1.165, 1.54) is 6.07 Å². The number of carbonyl (C=O) groups excluding carboxylic acids is 1. The Morgan fingerprint density at radius 3 is 2.55 bits per heavy atom. The Labute approximate surface area is 166 Å². The van der Waals surface area contributed by atoms with E-state index >= 15 is 0 Å². The highest BCUT2D eigenvalue weighted by molar-refractivity contribution is 6.05. The van der Waals surface area contributed by atoms with Crippen molar-refractivity contribution in [3.8, 4) is 17.1 Å². The molecule has 2 aromatic heterocycles. The van der Waals surface area contributed by atoms with Gasteiger partial charge in [0.25, 0.3) is 5.91 Å². The van der Waals surface area contributed by atoms with E-state index in [4.69, 9.17) is 9.15 Å². The fraction of sp³-hybridized carbons (Fsp3) is 0.0909. The Morgan fingerprint density at radius 2 is 1.83 bits per heavy atom. The van der Waals surface area contributed by atoms with E-state index in [0.717, 1.165) is 5.56 Å². The van der Waals surface area contributed by atoms with Crippen molar-refractivity contribution in [1.29, 1.82) is 0 Å². The maximum atomic E-state index is 12.5. The first kappa shape index (κ1) is 18.4. The van der Waals surface area contributed by atoms with E-state index in [1.54, 1.807) is 36.4 Å². The molecule has 1 amide bonds. The quantitative estimate of drug-likeness (QED) is 0.522. The molecule has 4 rings (SSSR count). The lowest BCUT2D eigenvalue weighted by atomic mass is 10.1. The molecule has 0 saturated heterocycles. The number of nitrogens with one attached hydrogen (secondary N) is 1. The molecule has 0 spiro atoms. The van der Waals surface area contributed by atoms with Crippen LogP contribution in [0.1, 0.15) is 17.3 Å². The minimum Gasteiger partial charge on any atom is -0.477 e. The molecule has 0 bridgehead atoms. The van der Waals surface area contributed by atoms with Gasteiger partial charge in [0.1, 0.15) is 11.1 Å². The molecule has 1 N–H and O–H groups in total. The molecular formula is C22H17N3O4. The van der Waals surface area contributed by atoms with Gasteiger partial charge in [-0.2, -0.15) is 0 Å². The lowest BCUT2D eigenvalue weighted by Crippen LogP contribution is -2.20. The molecule has 0 atom stereocenters. The highest BCUT2D eigenvalue weighted by Gasteiger charge is 2.14. The number of hydrogen-bond acceptors (Lipinski definition) is 6. The second kappa shape index (κ2) is 7.93. The summed E-state index contributed by atoms with van der Waals surface area (Å²) in [5, 5.41) is 11.5. The van der Waals surface area contributed by atoms with Crippen LogP contribution in [-0.2, 0) is 0 Å². The van der Waals surface area contributed by atoms with E-state index in [2.05, 4.69) is 15.5 Å². The first-order chi connectivity index (χ1) is 14.1. The predicted octanol–water partition coefficient (Wildman–Crippen LogP) is 3.90. The zero-order valence-corrected chi connectivity index (χ0v) is 15.6. The van der Waals surface area contributed by atoms with Gasteiger partial charge in [-0.1, -0.05) is 30.3 Å². The number of hydrogen-bond donors (Lipinski definition) is 1. The topological polar surface area (TPSA) is 94.3 Å². The van der Waals surface area contributed by atoms with Gasteiger partial charge in [-0.05, 0) is 37.3 Å². The van der Waals surface area contributed by atoms with Gasteiger partial charge in [-0.15, -0.1) is 10.2 Å². The minimum atomic E-state index is -0.678. The maximum absolute atomic E-state index is 12.5. The molecule has 0 radical (unpaired) electrons. The molecule has 4 aromatic rings. The number of benzene rings is 2. The van der Waals surface area contributed by atoms with E-state index in [-0.39, 0.29) is 5.56 Å². The Hall–Kier alpha value is -4.00. The molecule has 0 unspecified atom stereocenters. The number of anilines is 1. The van der Waals surface area contributed by atoms with E-state index in [1.807, 2.05) is 31.2 Å². The molecule has 0 aliphatic carbocycles. The van der Waals surface area contributed by atoms with Gasteiger partial charge in [0, 0.05) is 22.7 Å². The first-order valence-electron chi connectivity index (χ1n) is 9.05. The van der Waals surface area contributed by atoms with Crippen molar-refractivity contribution in [3.05, 3.63) is 82.7 Å². The SMILES string of the molecule is CCOc1ccc(-c2ccc(NC(=O)c3cc4ccccc4oc3=O)cc2)nn1. The van der Waals surface area contributed by atoms with Crippen molar-refractivity contribution < 1.29 is 13.9 Å². The molecule has 2 aromatic carbocycles. The first-order valence-corrected chi connectivity index (χ1v) is 9.05. The van der Waals surface area contributed by atoms with Crippen LogP contribution in [0.15, 0.2) is 75.9 Å². The van der Waals surface area contributed by atoms with Crippen molar-refractivity contribution in [1.82, 2.24) is 10.2 Å². The molecule has 0 aliphatic heterocycles. The zero-order chi connectivity index (χ0) is 20.2. The lowest BCUT2D eigenvalue weighted by Gasteiger charge is -2.07. The average Bonchev–Trinajstić information content (AvgIpc) is 2.74. The highest BCUT2D eigenvalue weighted by atomic mass is 16.5. The second-order valence-electron chi connectivity index (χ2n) is 6.21. The van der Waals surface area contributed by atoms with Crippen LogP contribution < -0.4 is 15.7 Å². The summed E-state index contributed by atoms with van der Waals surface area (Å²) >= 11 is 0. The minimum absolute atomic E-state index is 0.0508. The Bertz CT molecular complexity index is 1220. The van der Waals surface area contributed by atoms with Crippen LogP contribution in [0.4, 0.5) is 5.69 Å². The lowest BCUT2D eigenvalue weighted by molar-refractivity contribution is 0.102. The Balaban J connectivity index is 1.52. The van der Waals surface area contributed by atoms with E-state index < -0.39 is 11.5 Å². The smallest absolute Gasteiger partial charge is 0.349 e. The number of rotatable bonds is 5. The molecule has 0 aliphatic rings. The standard InChI is InChI=1S/C22H17N3O4/c1-2-28-20-12-11-18(24-25-20)14-7-9-16(10-8-14)23-21(26)17-13-15-5-3-4-6-19(15)29-22(17)27/h3-13H,2H2,1H3,(H,23,26). The van der Waals surface area contributed by atoms with Gasteiger partial charge in [0.05, 0.1) is 12.3 Å². The van der Waals surface area contributed by atoms with Crippen molar-refractivity contribution in [2.24, 2.45) is 0 Å². The van der Waals surface area contributed by atoms with Crippen molar-refractivity contribution in [2.75, 3.05) is 11.9 Å². The third kappa shape index (κ3) is 3.98. The third-order valence-electron chi connectivity index (χ3n) is 4.26. The van der Waals surface area contributed by atoms with Gasteiger partial charge in [0.2, 0.25) is 5.88 Å². The van der Waals surface area contributed by atoms with Crippen LogP contribution in [0, 0.1) is 0 Å². The summed E-state index contributed by atoms with van der Waals surface area (Å²) in [5.74, 6) is -0.0625. The van der Waals surface area contributed by atoms with Crippen LogP contribution >= 0.6 is 0 Å². The molecular weight excluding hydrogens is 370 g/mol. The van der Waals surface area contributed by atoms with Gasteiger partial charge in [-0.25, -0.2) is 4.79 Å². The fourth-order valence-electron chi connectivity index (χ4n) is 2.84. The Morgan fingerprint density at radius 1 is 1.03 bits per heavy atom. The number of ether oxygens (including phenoxy) is 1. The number of fused-ring (bicyclic) bond motifs is 1. The molecule has 144 valence electrons. The van der Waals surface area contributed by atoms with E-state index in [9.17, 15) is 9.59 Å². The second-order valence-corrected chi connectivity index (χ2v) is 6.21. The van der Waals surface area contributed by atoms with Crippen LogP contribution in [0.3, 0.4) is 0 Å². The maximum Gasteiger partial charge on any atom is 0.349 e. The summed E-state index contributed by atoms with van der Waals surface area (Å²) in [7, 11) is 0. The predicted molar refractivity (Wildman–Crippen MR) is 109 cm³/mol. The molecule has 0 saturated carbocycles. The summed E-state index contributed by atoms with van der Waals surface area (Å²) in [4.78, 5) is 24.7. The van der Waals surface area contributed by atoms with Crippen molar-refractivity contribution in [2.45, 2.75) is 6.92 Å². The summed E-state index contributed by atoms with van der Waals surface area (Å²) in [5.41, 5.74) is 1.78. The summed E-state index contributed by atoms with van der Waals surface area (Å²) in [6, 6.07) is 19.2. The van der Waals surface area contributed by atoms with Crippen molar-refractivity contribution >= 4 is 22.6 Å². The molecule has 29 heavy (non-hydrogen) atoms. The Kier molecular flexibility index (Phi) is 5.03. The van der Waals surface area contributed by atoms with E-state index in [0.29, 0.717) is 34.8 Å². The van der Waals surface area contributed by atoms with Crippen LogP contribution in [0.2, 0.25) is 0 Å². The molecule has 7 heteroatoms.